The molecular weight excluding hydrogens is 443 g/mol. The molecule has 0 aromatic carbocycles. The fraction of sp³-hybridized carbons (Fsp3) is 0.607. The first kappa shape index (κ1) is 24.2. The summed E-state index contributed by atoms with van der Waals surface area (Å²) in [7, 11) is 0. The minimum absolute atomic E-state index is 0.105. The molecule has 1 saturated heterocycles. The van der Waals surface area contributed by atoms with Crippen LogP contribution in [-0.2, 0) is 17.6 Å². The highest BCUT2D eigenvalue weighted by Gasteiger charge is 2.39. The van der Waals surface area contributed by atoms with E-state index in [4.69, 9.17) is 4.98 Å². The highest BCUT2D eigenvalue weighted by Crippen LogP contribution is 2.40. The molecule has 35 heavy (non-hydrogen) atoms. The Morgan fingerprint density at radius 2 is 2.09 bits per heavy atom. The Morgan fingerprint density at radius 1 is 1.20 bits per heavy atom. The zero-order chi connectivity index (χ0) is 24.2. The summed E-state index contributed by atoms with van der Waals surface area (Å²) < 4.78 is 15.2. The van der Waals surface area contributed by atoms with Crippen molar-refractivity contribution in [1.82, 2.24) is 14.9 Å². The average molecular weight is 481 g/mol. The Hall–Kier alpha value is -2.54. The summed E-state index contributed by atoms with van der Waals surface area (Å²) in [5.74, 6) is 0.416. The lowest BCUT2D eigenvalue weighted by Gasteiger charge is -2.31. The van der Waals surface area contributed by atoms with Crippen LogP contribution < -0.4 is 5.32 Å². The lowest BCUT2D eigenvalue weighted by Crippen LogP contribution is -2.34. The molecule has 0 spiro atoms. The number of likely N-dealkylation sites (tertiary alicyclic amines) is 1. The van der Waals surface area contributed by atoms with Gasteiger partial charge in [-0.3, -0.25) is 14.7 Å². The topological polar surface area (TPSA) is 78.3 Å². The van der Waals surface area contributed by atoms with Crippen LogP contribution in [0, 0.1) is 5.92 Å². The first-order valence-corrected chi connectivity index (χ1v) is 13.4. The number of aryl methyl sites for hydroxylation is 2. The second-order valence-electron chi connectivity index (χ2n) is 10.5. The van der Waals surface area contributed by atoms with Crippen molar-refractivity contribution in [3.8, 4) is 0 Å². The van der Waals surface area contributed by atoms with Crippen molar-refractivity contribution in [3.63, 3.8) is 0 Å². The predicted molar refractivity (Wildman–Crippen MR) is 134 cm³/mol. The van der Waals surface area contributed by atoms with Crippen LogP contribution in [0.25, 0.3) is 0 Å². The number of hydrogen-bond acceptors (Lipinski definition) is 5. The van der Waals surface area contributed by atoms with E-state index in [9.17, 15) is 9.90 Å². The quantitative estimate of drug-likeness (QED) is 0.449. The summed E-state index contributed by atoms with van der Waals surface area (Å²) in [5.41, 5.74) is 4.09. The van der Waals surface area contributed by atoms with Gasteiger partial charge in [-0.15, -0.1) is 0 Å². The van der Waals surface area contributed by atoms with E-state index in [1.165, 1.54) is 12.0 Å². The van der Waals surface area contributed by atoms with E-state index in [-0.39, 0.29) is 5.92 Å². The predicted octanol–water partition coefficient (Wildman–Crippen LogP) is 5.30. The largest absolute Gasteiger partial charge is 0.480 e. The second kappa shape index (κ2) is 11.0. The van der Waals surface area contributed by atoms with Crippen LogP contribution in [-0.4, -0.2) is 51.7 Å². The van der Waals surface area contributed by atoms with E-state index in [1.807, 2.05) is 17.0 Å². The molecule has 3 atom stereocenters. The molecule has 2 aliphatic heterocycles. The summed E-state index contributed by atoms with van der Waals surface area (Å²) in [6.07, 6.45) is 10.3. The molecule has 0 radical (unpaired) electrons. The van der Waals surface area contributed by atoms with E-state index < -0.39 is 18.2 Å². The molecule has 5 rings (SSSR count). The number of pyridine rings is 2. The van der Waals surface area contributed by atoms with Crippen LogP contribution in [0.3, 0.4) is 0 Å². The Labute approximate surface area is 207 Å². The van der Waals surface area contributed by atoms with E-state index in [2.05, 4.69) is 22.4 Å². The van der Waals surface area contributed by atoms with Gasteiger partial charge >= 0.3 is 5.97 Å². The van der Waals surface area contributed by atoms with Gasteiger partial charge in [0.2, 0.25) is 0 Å². The Morgan fingerprint density at radius 3 is 2.89 bits per heavy atom. The Bertz CT molecular complexity index is 1030. The second-order valence-corrected chi connectivity index (χ2v) is 10.5. The van der Waals surface area contributed by atoms with Crippen LogP contribution in [0.15, 0.2) is 30.5 Å². The Balaban J connectivity index is 1.13. The van der Waals surface area contributed by atoms with Crippen molar-refractivity contribution >= 4 is 11.8 Å². The van der Waals surface area contributed by atoms with Crippen LogP contribution in [0.4, 0.5) is 10.2 Å². The number of alkyl halides is 1. The van der Waals surface area contributed by atoms with Gasteiger partial charge in [0.25, 0.3) is 0 Å². The molecule has 0 bridgehead atoms. The first-order valence-electron chi connectivity index (χ1n) is 13.4. The molecule has 2 unspecified atom stereocenters. The molecule has 2 fully saturated rings. The number of halogens is 1. The molecule has 4 heterocycles. The van der Waals surface area contributed by atoms with Gasteiger partial charge in [0.05, 0.1) is 0 Å². The van der Waals surface area contributed by atoms with Gasteiger partial charge in [-0.25, -0.2) is 9.37 Å². The Kier molecular flexibility index (Phi) is 7.61. The summed E-state index contributed by atoms with van der Waals surface area (Å²) in [6, 6.07) is 7.28. The number of nitrogens with one attached hydrogen (secondary N) is 1. The van der Waals surface area contributed by atoms with Crippen molar-refractivity contribution in [1.29, 1.82) is 0 Å². The third kappa shape index (κ3) is 5.50. The molecule has 2 N–H and O–H groups in total. The normalized spacial score (nSPS) is 22.1. The zero-order valence-corrected chi connectivity index (χ0v) is 20.5. The summed E-state index contributed by atoms with van der Waals surface area (Å²) in [6.45, 7) is 2.10. The lowest BCUT2D eigenvalue weighted by atomic mass is 9.80. The van der Waals surface area contributed by atoms with Crippen molar-refractivity contribution < 1.29 is 14.3 Å². The maximum Gasteiger partial charge on any atom is 0.325 e. The number of carboxylic acids is 1. The number of rotatable bonds is 10. The van der Waals surface area contributed by atoms with Gasteiger partial charge in [-0.2, -0.15) is 0 Å². The zero-order valence-electron chi connectivity index (χ0n) is 20.5. The number of aromatic nitrogens is 2. The van der Waals surface area contributed by atoms with Gasteiger partial charge in [0.15, 0.2) is 0 Å². The highest BCUT2D eigenvalue weighted by molar-refractivity contribution is 5.76. The van der Waals surface area contributed by atoms with E-state index >= 15 is 4.39 Å². The minimum atomic E-state index is -0.896. The number of anilines is 1. The smallest absolute Gasteiger partial charge is 0.325 e. The molecule has 1 aliphatic carbocycles. The molecule has 0 amide bonds. The van der Waals surface area contributed by atoms with Crippen LogP contribution >= 0.6 is 0 Å². The van der Waals surface area contributed by atoms with Gasteiger partial charge in [0, 0.05) is 48.1 Å². The minimum Gasteiger partial charge on any atom is -0.480 e. The molecule has 1 saturated carbocycles. The van der Waals surface area contributed by atoms with Gasteiger partial charge in [-0.1, -0.05) is 25.0 Å². The van der Waals surface area contributed by atoms with Crippen LogP contribution in [0.5, 0.6) is 0 Å². The standard InChI is InChI=1S/C28H37FN4O2/c29-24(11-2-1-9-22-13-12-20-8-4-16-31-27(20)32-22)21-14-17-33(18-21)26(28(34)35)23-10-5-15-30-25(23)19-6-3-7-19/h5,10,12-13,15,19,21,24,26H,1-4,6-9,11,14,16-18H2,(H,31,32)(H,34,35)/t21-,24?,26?/m1/s1. The van der Waals surface area contributed by atoms with Crippen LogP contribution in [0.2, 0.25) is 0 Å². The van der Waals surface area contributed by atoms with E-state index in [0.717, 1.165) is 74.3 Å². The molecule has 6 nitrogen and oxygen atoms in total. The van der Waals surface area contributed by atoms with Crippen LogP contribution in [0.1, 0.15) is 85.8 Å². The third-order valence-electron chi connectivity index (χ3n) is 8.14. The number of fused-ring (bicyclic) bond motifs is 1. The fourth-order valence-electron chi connectivity index (χ4n) is 5.90. The third-order valence-corrected chi connectivity index (χ3v) is 8.14. The number of aliphatic carboxylic acids is 1. The van der Waals surface area contributed by atoms with Crippen molar-refractivity contribution in [2.45, 2.75) is 82.3 Å². The molecule has 3 aliphatic rings. The number of carbonyl (C=O) groups is 1. The van der Waals surface area contributed by atoms with Crippen molar-refractivity contribution in [2.24, 2.45) is 5.92 Å². The molecule has 2 aromatic heterocycles. The van der Waals surface area contributed by atoms with Gasteiger partial charge < -0.3 is 10.4 Å². The lowest BCUT2D eigenvalue weighted by molar-refractivity contribution is -0.143. The number of nitrogens with zero attached hydrogens (tertiary/aromatic N) is 3. The fourth-order valence-corrected chi connectivity index (χ4v) is 5.90. The van der Waals surface area contributed by atoms with E-state index in [0.29, 0.717) is 31.8 Å². The average Bonchev–Trinajstić information content (AvgIpc) is 3.31. The number of hydrogen-bond donors (Lipinski definition) is 2. The molecule has 7 heteroatoms. The molecular formula is C28H37FN4O2. The maximum absolute atomic E-state index is 15.2. The van der Waals surface area contributed by atoms with Gasteiger partial charge in [-0.05, 0) is 75.6 Å². The summed E-state index contributed by atoms with van der Waals surface area (Å²) in [4.78, 5) is 23.6. The molecule has 2 aromatic rings. The van der Waals surface area contributed by atoms with Crippen molar-refractivity contribution in [3.05, 3.63) is 53.0 Å². The summed E-state index contributed by atoms with van der Waals surface area (Å²) in [5, 5.41) is 13.5. The number of carboxylic acid groups (broad SMARTS) is 1. The van der Waals surface area contributed by atoms with Crippen molar-refractivity contribution in [2.75, 3.05) is 25.0 Å². The monoisotopic (exact) mass is 480 g/mol. The highest BCUT2D eigenvalue weighted by atomic mass is 19.1. The van der Waals surface area contributed by atoms with E-state index in [1.54, 1.807) is 6.20 Å². The number of unbranched alkanes of at least 4 members (excludes halogenated alkanes) is 1. The first-order chi connectivity index (χ1) is 17.1. The summed E-state index contributed by atoms with van der Waals surface area (Å²) >= 11 is 0. The maximum atomic E-state index is 15.2. The molecule has 188 valence electrons. The SMILES string of the molecule is O=C(O)C(c1cccnc1C1CCC1)N1CC[C@@H](C(F)CCCCc2ccc3c(n2)NCCC3)C1. The van der Waals surface area contributed by atoms with Gasteiger partial charge in [0.1, 0.15) is 18.0 Å².